The van der Waals surface area contributed by atoms with E-state index in [1.165, 1.54) is 11.1 Å². The van der Waals surface area contributed by atoms with Gasteiger partial charge in [-0.25, -0.2) is 4.68 Å². The molecule has 0 saturated carbocycles. The van der Waals surface area contributed by atoms with Crippen LogP contribution >= 0.6 is 0 Å². The van der Waals surface area contributed by atoms with Gasteiger partial charge in [-0.1, -0.05) is 24.3 Å². The highest BCUT2D eigenvalue weighted by molar-refractivity contribution is 5.94. The summed E-state index contributed by atoms with van der Waals surface area (Å²) >= 11 is 0. The molecule has 1 aliphatic rings. The zero-order valence-corrected chi connectivity index (χ0v) is 14.6. The third-order valence-electron chi connectivity index (χ3n) is 4.82. The van der Waals surface area contributed by atoms with Crippen LogP contribution in [-0.2, 0) is 13.0 Å². The third-order valence-corrected chi connectivity index (χ3v) is 4.82. The topological polar surface area (TPSA) is 50.2 Å². The number of rotatable bonds is 5. The van der Waals surface area contributed by atoms with Crippen LogP contribution in [0.4, 0.5) is 0 Å². The van der Waals surface area contributed by atoms with Gasteiger partial charge in [0, 0.05) is 44.1 Å². The molecule has 5 nitrogen and oxygen atoms in total. The molecule has 0 fully saturated rings. The molecule has 0 saturated heterocycles. The van der Waals surface area contributed by atoms with Gasteiger partial charge in [0.05, 0.1) is 5.69 Å². The first-order valence-electron chi connectivity index (χ1n) is 8.97. The average Bonchev–Trinajstić information content (AvgIpc) is 3.23. The third kappa shape index (κ3) is 3.68. The van der Waals surface area contributed by atoms with E-state index in [0.717, 1.165) is 31.7 Å². The van der Waals surface area contributed by atoms with E-state index < -0.39 is 0 Å². The molecule has 0 atom stereocenters. The Morgan fingerprint density at radius 3 is 2.62 bits per heavy atom. The number of benzene rings is 2. The maximum atomic E-state index is 12.3. The number of nitrogens with one attached hydrogen (secondary N) is 1. The molecular weight excluding hydrogens is 324 g/mol. The summed E-state index contributed by atoms with van der Waals surface area (Å²) in [7, 11) is 0. The molecule has 1 aliphatic heterocycles. The molecule has 1 amide bonds. The lowest BCUT2D eigenvalue weighted by Crippen LogP contribution is -2.37. The summed E-state index contributed by atoms with van der Waals surface area (Å²) in [5, 5.41) is 7.21. The summed E-state index contributed by atoms with van der Waals surface area (Å²) in [6, 6.07) is 18.0. The molecule has 5 heteroatoms. The molecule has 0 radical (unpaired) electrons. The minimum absolute atomic E-state index is 0.0329. The van der Waals surface area contributed by atoms with E-state index >= 15 is 0 Å². The second-order valence-corrected chi connectivity index (χ2v) is 6.55. The fourth-order valence-electron chi connectivity index (χ4n) is 3.36. The summed E-state index contributed by atoms with van der Waals surface area (Å²) < 4.78 is 1.77. The zero-order chi connectivity index (χ0) is 17.8. The molecule has 2 aromatic carbocycles. The first kappa shape index (κ1) is 16.5. The van der Waals surface area contributed by atoms with Crippen LogP contribution in [0, 0.1) is 0 Å². The van der Waals surface area contributed by atoms with Gasteiger partial charge in [-0.05, 0) is 47.9 Å². The summed E-state index contributed by atoms with van der Waals surface area (Å²) in [5.74, 6) is -0.0329. The number of nitrogens with zero attached hydrogens (tertiary/aromatic N) is 3. The summed E-state index contributed by atoms with van der Waals surface area (Å²) in [5.41, 5.74) is 4.47. The van der Waals surface area contributed by atoms with Crippen molar-refractivity contribution in [2.45, 2.75) is 13.0 Å². The molecule has 0 aliphatic carbocycles. The lowest BCUT2D eigenvalue weighted by Gasteiger charge is -2.28. The molecule has 0 unspecified atom stereocenters. The predicted molar refractivity (Wildman–Crippen MR) is 101 cm³/mol. The average molecular weight is 346 g/mol. The van der Waals surface area contributed by atoms with Crippen LogP contribution in [0.1, 0.15) is 21.5 Å². The minimum atomic E-state index is -0.0329. The Morgan fingerprint density at radius 1 is 1.04 bits per heavy atom. The number of carbonyl (C=O) groups is 1. The van der Waals surface area contributed by atoms with Crippen LogP contribution in [0.25, 0.3) is 5.69 Å². The van der Waals surface area contributed by atoms with E-state index in [1.807, 2.05) is 36.5 Å². The Bertz CT molecular complexity index is 871. The predicted octanol–water partition coefficient (Wildman–Crippen LogP) is 2.66. The Morgan fingerprint density at radius 2 is 1.85 bits per heavy atom. The standard InChI is InChI=1S/C21H22N4O/c26-21(18-6-8-20(9-7-18)25-13-3-11-23-25)22-12-15-24-14-10-17-4-1-2-5-19(17)16-24/h1-9,11,13H,10,12,14-16H2,(H,22,26). The van der Waals surface area contributed by atoms with Gasteiger partial charge in [0.1, 0.15) is 0 Å². The maximum absolute atomic E-state index is 12.3. The van der Waals surface area contributed by atoms with E-state index in [9.17, 15) is 4.79 Å². The molecule has 26 heavy (non-hydrogen) atoms. The number of fused-ring (bicyclic) bond motifs is 1. The van der Waals surface area contributed by atoms with E-state index in [2.05, 4.69) is 39.6 Å². The van der Waals surface area contributed by atoms with Crippen molar-refractivity contribution < 1.29 is 4.79 Å². The smallest absolute Gasteiger partial charge is 0.251 e. The highest BCUT2D eigenvalue weighted by Gasteiger charge is 2.15. The summed E-state index contributed by atoms with van der Waals surface area (Å²) in [4.78, 5) is 14.7. The van der Waals surface area contributed by atoms with Gasteiger partial charge in [0.15, 0.2) is 0 Å². The Labute approximate surface area is 153 Å². The van der Waals surface area contributed by atoms with Crippen LogP contribution < -0.4 is 5.32 Å². The Hall–Kier alpha value is -2.92. The molecule has 0 spiro atoms. The van der Waals surface area contributed by atoms with E-state index in [4.69, 9.17) is 0 Å². The van der Waals surface area contributed by atoms with Gasteiger partial charge in [-0.15, -0.1) is 0 Å². The van der Waals surface area contributed by atoms with Gasteiger partial charge in [-0.3, -0.25) is 9.69 Å². The molecule has 0 bridgehead atoms. The number of hydrogen-bond donors (Lipinski definition) is 1. The molecule has 2 heterocycles. The SMILES string of the molecule is O=C(NCCN1CCc2ccccc2C1)c1ccc(-n2cccn2)cc1. The van der Waals surface area contributed by atoms with Crippen molar-refractivity contribution in [2.24, 2.45) is 0 Å². The monoisotopic (exact) mass is 346 g/mol. The number of hydrogen-bond acceptors (Lipinski definition) is 3. The summed E-state index contributed by atoms with van der Waals surface area (Å²) in [6.45, 7) is 3.53. The van der Waals surface area contributed by atoms with E-state index in [0.29, 0.717) is 12.1 Å². The van der Waals surface area contributed by atoms with Crippen molar-refractivity contribution in [1.82, 2.24) is 20.0 Å². The van der Waals surface area contributed by atoms with E-state index in [-0.39, 0.29) is 5.91 Å². The van der Waals surface area contributed by atoms with Crippen molar-refractivity contribution in [3.8, 4) is 5.69 Å². The van der Waals surface area contributed by atoms with Crippen LogP contribution in [0.5, 0.6) is 0 Å². The Balaban J connectivity index is 1.28. The number of amides is 1. The second-order valence-electron chi connectivity index (χ2n) is 6.55. The fraction of sp³-hybridized carbons (Fsp3) is 0.238. The fourth-order valence-corrected chi connectivity index (χ4v) is 3.36. The van der Waals surface area contributed by atoms with Crippen molar-refractivity contribution in [3.63, 3.8) is 0 Å². The quantitative estimate of drug-likeness (QED) is 0.773. The zero-order valence-electron chi connectivity index (χ0n) is 14.6. The van der Waals surface area contributed by atoms with Gasteiger partial charge < -0.3 is 5.32 Å². The molecule has 1 N–H and O–H groups in total. The lowest BCUT2D eigenvalue weighted by molar-refractivity contribution is 0.0947. The maximum Gasteiger partial charge on any atom is 0.251 e. The van der Waals surface area contributed by atoms with E-state index in [1.54, 1.807) is 10.9 Å². The van der Waals surface area contributed by atoms with Crippen LogP contribution in [0.15, 0.2) is 67.0 Å². The first-order valence-corrected chi connectivity index (χ1v) is 8.97. The van der Waals surface area contributed by atoms with Crippen molar-refractivity contribution in [3.05, 3.63) is 83.7 Å². The van der Waals surface area contributed by atoms with Gasteiger partial charge >= 0.3 is 0 Å². The van der Waals surface area contributed by atoms with Crippen LogP contribution in [0.2, 0.25) is 0 Å². The highest BCUT2D eigenvalue weighted by atomic mass is 16.1. The molecule has 132 valence electrons. The normalized spacial score (nSPS) is 14.0. The lowest BCUT2D eigenvalue weighted by atomic mass is 10.00. The van der Waals surface area contributed by atoms with Crippen molar-refractivity contribution in [1.29, 1.82) is 0 Å². The molecule has 3 aromatic rings. The minimum Gasteiger partial charge on any atom is -0.351 e. The Kier molecular flexibility index (Phi) is 4.80. The highest BCUT2D eigenvalue weighted by Crippen LogP contribution is 2.17. The van der Waals surface area contributed by atoms with Crippen molar-refractivity contribution >= 4 is 5.91 Å². The second kappa shape index (κ2) is 7.54. The number of aromatic nitrogens is 2. The molecule has 4 rings (SSSR count). The number of carbonyl (C=O) groups excluding carboxylic acids is 1. The van der Waals surface area contributed by atoms with Gasteiger partial charge in [0.25, 0.3) is 5.91 Å². The van der Waals surface area contributed by atoms with Crippen LogP contribution in [-0.4, -0.2) is 40.2 Å². The molecular formula is C21H22N4O. The summed E-state index contributed by atoms with van der Waals surface area (Å²) in [6.07, 6.45) is 4.70. The van der Waals surface area contributed by atoms with Crippen LogP contribution in [0.3, 0.4) is 0 Å². The van der Waals surface area contributed by atoms with Gasteiger partial charge in [-0.2, -0.15) is 5.10 Å². The molecule has 1 aromatic heterocycles. The largest absolute Gasteiger partial charge is 0.351 e. The van der Waals surface area contributed by atoms with Crippen molar-refractivity contribution in [2.75, 3.05) is 19.6 Å². The first-order chi connectivity index (χ1) is 12.8. The van der Waals surface area contributed by atoms with Gasteiger partial charge in [0.2, 0.25) is 0 Å².